The summed E-state index contributed by atoms with van der Waals surface area (Å²) in [4.78, 5) is 51.0. The summed E-state index contributed by atoms with van der Waals surface area (Å²) in [5.74, 6) is -5.65. The van der Waals surface area contributed by atoms with E-state index in [2.05, 4.69) is 4.74 Å². The van der Waals surface area contributed by atoms with E-state index in [-0.39, 0.29) is 41.3 Å². The third kappa shape index (κ3) is 3.97. The van der Waals surface area contributed by atoms with Crippen molar-refractivity contribution in [2.45, 2.75) is 24.0 Å². The summed E-state index contributed by atoms with van der Waals surface area (Å²) in [5.41, 5.74) is 5.69. The van der Waals surface area contributed by atoms with Crippen molar-refractivity contribution >= 4 is 41.2 Å². The summed E-state index contributed by atoms with van der Waals surface area (Å²) in [5, 5.41) is 9.31. The Morgan fingerprint density at radius 1 is 1.24 bits per heavy atom. The van der Waals surface area contributed by atoms with Crippen molar-refractivity contribution in [2.24, 2.45) is 5.73 Å². The number of hydrogen-bond acceptors (Lipinski definition) is 8. The number of alkyl halides is 3. The molecule has 0 unspecified atom stereocenters. The number of phenolic OH excluding ortho intramolecular Hbond substituents is 1. The normalized spacial score (nSPS) is 24.2. The van der Waals surface area contributed by atoms with E-state index < -0.39 is 47.0 Å². The van der Waals surface area contributed by atoms with Crippen LogP contribution in [0.3, 0.4) is 0 Å². The standard InChI is InChI=1S/C20H16F3N3O6S/c21-20(22,23)19(31)32-18(30)14-10(8-33-17-13(24)16(29)26(14)17)7-9-5-6-25(15(9)28)11-3-1-2-4-12(11)27/h1-4,7,13,17,27H,5-6,8,24H2/b9-7+/t13-,17-/m1/s1. The number of para-hydroxylation sites is 2. The molecule has 3 aliphatic rings. The molecule has 3 heterocycles. The Labute approximate surface area is 188 Å². The van der Waals surface area contributed by atoms with E-state index in [0.29, 0.717) is 0 Å². The van der Waals surface area contributed by atoms with E-state index in [1.54, 1.807) is 18.2 Å². The predicted octanol–water partition coefficient (Wildman–Crippen LogP) is 1.18. The number of benzene rings is 1. The lowest BCUT2D eigenvalue weighted by atomic mass is 10.0. The van der Waals surface area contributed by atoms with Crippen LogP contribution in [0.4, 0.5) is 18.9 Å². The van der Waals surface area contributed by atoms with Crippen LogP contribution in [0.25, 0.3) is 0 Å². The molecular weight excluding hydrogens is 467 g/mol. The minimum Gasteiger partial charge on any atom is -0.506 e. The molecule has 0 saturated carbocycles. The maximum Gasteiger partial charge on any atom is 0.491 e. The first-order valence-electron chi connectivity index (χ1n) is 9.58. The van der Waals surface area contributed by atoms with Gasteiger partial charge in [0.2, 0.25) is 5.91 Å². The van der Waals surface area contributed by atoms with Crippen molar-refractivity contribution < 1.29 is 42.2 Å². The molecule has 13 heteroatoms. The molecule has 174 valence electrons. The fourth-order valence-corrected chi connectivity index (χ4v) is 4.96. The summed E-state index contributed by atoms with van der Waals surface area (Å²) in [6.45, 7) is 0.213. The van der Waals surface area contributed by atoms with Crippen molar-refractivity contribution in [2.75, 3.05) is 17.2 Å². The van der Waals surface area contributed by atoms with Crippen molar-refractivity contribution in [3.05, 3.63) is 47.2 Å². The van der Waals surface area contributed by atoms with Crippen LogP contribution in [-0.2, 0) is 23.9 Å². The second-order valence-corrected chi connectivity index (χ2v) is 8.45. The second kappa shape index (κ2) is 8.23. The molecular formula is C20H16F3N3O6S. The number of anilines is 1. The molecule has 2 amide bonds. The molecule has 0 aromatic heterocycles. The van der Waals surface area contributed by atoms with Gasteiger partial charge < -0.3 is 20.5 Å². The number of ether oxygens (including phenoxy) is 1. The number of thioether (sulfide) groups is 1. The molecule has 2 fully saturated rings. The van der Waals surface area contributed by atoms with Gasteiger partial charge in [-0.15, -0.1) is 11.8 Å². The number of carbonyl (C=O) groups excluding carboxylic acids is 4. The van der Waals surface area contributed by atoms with Gasteiger partial charge in [0.1, 0.15) is 22.9 Å². The van der Waals surface area contributed by atoms with E-state index in [1.807, 2.05) is 0 Å². The van der Waals surface area contributed by atoms with Crippen LogP contribution in [-0.4, -0.2) is 63.6 Å². The molecule has 9 nitrogen and oxygen atoms in total. The third-order valence-electron chi connectivity index (χ3n) is 5.29. The van der Waals surface area contributed by atoms with Gasteiger partial charge in [-0.3, -0.25) is 14.5 Å². The van der Waals surface area contributed by atoms with E-state index in [0.717, 1.165) is 16.7 Å². The topological polar surface area (TPSA) is 130 Å². The number of halogens is 3. The van der Waals surface area contributed by atoms with Gasteiger partial charge >= 0.3 is 18.1 Å². The zero-order chi connectivity index (χ0) is 24.1. The summed E-state index contributed by atoms with van der Waals surface area (Å²) < 4.78 is 41.7. The quantitative estimate of drug-likeness (QED) is 0.284. The molecule has 0 spiro atoms. The predicted molar refractivity (Wildman–Crippen MR) is 108 cm³/mol. The fraction of sp³-hybridized carbons (Fsp3) is 0.300. The van der Waals surface area contributed by atoms with Crippen LogP contribution in [0.5, 0.6) is 5.75 Å². The number of aromatic hydroxyl groups is 1. The fourth-order valence-electron chi connectivity index (χ4n) is 3.71. The highest BCUT2D eigenvalue weighted by Gasteiger charge is 2.53. The number of allylic oxidation sites excluding steroid dienone is 1. The number of fused-ring (bicyclic) bond motifs is 1. The van der Waals surface area contributed by atoms with Crippen LogP contribution < -0.4 is 10.6 Å². The Balaban J connectivity index is 1.68. The number of nitrogens with two attached hydrogens (primary N) is 1. The van der Waals surface area contributed by atoms with Gasteiger partial charge in [-0.05, 0) is 30.2 Å². The number of phenols is 1. The Morgan fingerprint density at radius 2 is 1.94 bits per heavy atom. The summed E-state index contributed by atoms with van der Waals surface area (Å²) in [6.07, 6.45) is -3.90. The van der Waals surface area contributed by atoms with E-state index in [1.165, 1.54) is 17.0 Å². The van der Waals surface area contributed by atoms with Crippen molar-refractivity contribution in [1.82, 2.24) is 4.90 Å². The van der Waals surface area contributed by atoms with Gasteiger partial charge in [0.25, 0.3) is 5.91 Å². The second-order valence-electron chi connectivity index (χ2n) is 7.35. The highest BCUT2D eigenvalue weighted by Crippen LogP contribution is 2.41. The molecule has 3 aliphatic heterocycles. The Hall–Kier alpha value is -3.32. The minimum atomic E-state index is -5.41. The molecule has 2 saturated heterocycles. The van der Waals surface area contributed by atoms with Crippen LogP contribution in [0.2, 0.25) is 0 Å². The molecule has 0 radical (unpaired) electrons. The summed E-state index contributed by atoms with van der Waals surface area (Å²) in [7, 11) is 0. The molecule has 0 bridgehead atoms. The maximum atomic E-state index is 12.9. The van der Waals surface area contributed by atoms with E-state index in [9.17, 15) is 37.5 Å². The summed E-state index contributed by atoms with van der Waals surface area (Å²) in [6, 6.07) is 5.22. The number of hydrogen-bond donors (Lipinski definition) is 2. The Kier molecular flexibility index (Phi) is 5.70. The number of carbonyl (C=O) groups is 4. The molecule has 1 aromatic rings. The number of amides is 2. The van der Waals surface area contributed by atoms with Crippen molar-refractivity contribution in [3.63, 3.8) is 0 Å². The maximum absolute atomic E-state index is 12.9. The monoisotopic (exact) mass is 483 g/mol. The third-order valence-corrected chi connectivity index (χ3v) is 6.62. The van der Waals surface area contributed by atoms with Gasteiger partial charge in [0, 0.05) is 17.9 Å². The number of rotatable bonds is 3. The van der Waals surface area contributed by atoms with E-state index >= 15 is 0 Å². The zero-order valence-electron chi connectivity index (χ0n) is 16.7. The lowest BCUT2D eigenvalue weighted by molar-refractivity contribution is -0.201. The van der Waals surface area contributed by atoms with E-state index in [4.69, 9.17) is 5.73 Å². The number of esters is 2. The molecule has 0 aliphatic carbocycles. The molecule has 3 N–H and O–H groups in total. The average molecular weight is 483 g/mol. The SMILES string of the molecule is N[C@@H]1C(=O)N2C(C(=O)OC(=O)C(F)(F)F)=C(/C=C3\CCN(c4ccccc4O)C3=O)CS[C@H]12. The van der Waals surface area contributed by atoms with Crippen LogP contribution in [0.15, 0.2) is 47.2 Å². The smallest absolute Gasteiger partial charge is 0.491 e. The largest absolute Gasteiger partial charge is 0.506 e. The highest BCUT2D eigenvalue weighted by atomic mass is 32.2. The lowest BCUT2D eigenvalue weighted by Crippen LogP contribution is -2.68. The Morgan fingerprint density at radius 3 is 2.61 bits per heavy atom. The average Bonchev–Trinajstić information content (AvgIpc) is 3.12. The first-order valence-corrected chi connectivity index (χ1v) is 10.6. The van der Waals surface area contributed by atoms with Gasteiger partial charge in [-0.1, -0.05) is 12.1 Å². The van der Waals surface area contributed by atoms with Gasteiger partial charge in [0.15, 0.2) is 0 Å². The lowest BCUT2D eigenvalue weighted by Gasteiger charge is -2.48. The summed E-state index contributed by atoms with van der Waals surface area (Å²) >= 11 is 1.16. The Bertz CT molecular complexity index is 1130. The first-order chi connectivity index (χ1) is 15.5. The van der Waals surface area contributed by atoms with Crippen molar-refractivity contribution in [1.29, 1.82) is 0 Å². The highest BCUT2D eigenvalue weighted by molar-refractivity contribution is 8.00. The minimum absolute atomic E-state index is 0.0418. The number of β-lactam (4-membered cyclic amide) rings is 1. The number of nitrogens with zero attached hydrogens (tertiary/aromatic N) is 2. The van der Waals surface area contributed by atoms with Crippen LogP contribution in [0, 0.1) is 0 Å². The first kappa shape index (κ1) is 22.9. The zero-order valence-corrected chi connectivity index (χ0v) is 17.5. The van der Waals surface area contributed by atoms with Crippen LogP contribution in [0.1, 0.15) is 6.42 Å². The molecule has 1 aromatic carbocycles. The van der Waals surface area contributed by atoms with Crippen molar-refractivity contribution in [3.8, 4) is 5.75 Å². The van der Waals surface area contributed by atoms with Gasteiger partial charge in [0.05, 0.1) is 5.69 Å². The van der Waals surface area contributed by atoms with Gasteiger partial charge in [-0.25, -0.2) is 9.59 Å². The van der Waals surface area contributed by atoms with Crippen LogP contribution >= 0.6 is 11.8 Å². The molecule has 2 atom stereocenters. The molecule has 4 rings (SSSR count). The van der Waals surface area contributed by atoms with Gasteiger partial charge in [-0.2, -0.15) is 13.2 Å². The molecule has 33 heavy (non-hydrogen) atoms.